The fourth-order valence-corrected chi connectivity index (χ4v) is 22.1. The Balaban J connectivity index is 3.00. The summed E-state index contributed by atoms with van der Waals surface area (Å²) < 4.78 is 5.70. The standard InChI is InChI=1S/C4H2NOS.3C4H9.Sn/c6-1-4-2-7-3-5-4;3*1-3-4-2;/h1-2H;3*1,3-4H2,2H3;. The molecule has 4 heteroatoms. The van der Waals surface area contributed by atoms with Gasteiger partial charge in [-0.25, -0.2) is 0 Å². The van der Waals surface area contributed by atoms with Gasteiger partial charge in [-0.2, -0.15) is 0 Å². The fourth-order valence-electron chi connectivity index (χ4n) is 2.83. The quantitative estimate of drug-likeness (QED) is 0.385. The summed E-state index contributed by atoms with van der Waals surface area (Å²) in [6.07, 6.45) is 8.79. The van der Waals surface area contributed by atoms with Crippen molar-refractivity contribution in [3.05, 3.63) is 11.1 Å². The molecule has 0 spiro atoms. The molecule has 0 aromatic carbocycles. The van der Waals surface area contributed by atoms with Gasteiger partial charge in [-0.05, 0) is 0 Å². The van der Waals surface area contributed by atoms with E-state index < -0.39 is 18.4 Å². The van der Waals surface area contributed by atoms with Crippen LogP contribution in [0, 0.1) is 0 Å². The Hall–Kier alpha value is 0.0987. The van der Waals surface area contributed by atoms with Crippen LogP contribution in [0.2, 0.25) is 13.3 Å². The molecule has 1 rings (SSSR count). The molecule has 0 aliphatic heterocycles. The second-order valence-electron chi connectivity index (χ2n) is 5.79. The van der Waals surface area contributed by atoms with E-state index in [0.717, 1.165) is 6.29 Å². The van der Waals surface area contributed by atoms with Crippen molar-refractivity contribution in [1.82, 2.24) is 4.98 Å². The van der Waals surface area contributed by atoms with Crippen molar-refractivity contribution in [2.75, 3.05) is 0 Å². The van der Waals surface area contributed by atoms with Gasteiger partial charge in [0.15, 0.2) is 0 Å². The third kappa shape index (κ3) is 5.14. The van der Waals surface area contributed by atoms with E-state index >= 15 is 0 Å². The van der Waals surface area contributed by atoms with E-state index in [4.69, 9.17) is 4.98 Å². The predicted molar refractivity (Wildman–Crippen MR) is 92.0 cm³/mol. The van der Waals surface area contributed by atoms with Gasteiger partial charge < -0.3 is 0 Å². The number of nitrogens with zero attached hydrogens (tertiary/aromatic N) is 1. The number of aromatic nitrogens is 1. The monoisotopic (exact) mass is 403 g/mol. The molecule has 0 atom stereocenters. The Labute approximate surface area is 132 Å². The first-order valence-electron chi connectivity index (χ1n) is 8.13. The maximum absolute atomic E-state index is 11.0. The van der Waals surface area contributed by atoms with Crippen LogP contribution in [0.5, 0.6) is 0 Å². The van der Waals surface area contributed by atoms with E-state index in [1.54, 1.807) is 11.3 Å². The zero-order chi connectivity index (χ0) is 14.8. The van der Waals surface area contributed by atoms with Crippen molar-refractivity contribution in [2.24, 2.45) is 0 Å². The minimum atomic E-state index is -2.35. The molecule has 0 saturated heterocycles. The van der Waals surface area contributed by atoms with Gasteiger partial charge in [0.2, 0.25) is 0 Å². The molecule has 20 heavy (non-hydrogen) atoms. The molecule has 1 aromatic rings. The molecule has 1 heterocycles. The summed E-state index contributed by atoms with van der Waals surface area (Å²) in [6, 6.07) is 0. The Bertz CT molecular complexity index is 370. The number of hydrogen-bond donors (Lipinski definition) is 0. The number of rotatable bonds is 11. The van der Waals surface area contributed by atoms with E-state index in [1.807, 2.05) is 5.38 Å². The van der Waals surface area contributed by atoms with Crippen molar-refractivity contribution in [1.29, 1.82) is 0 Å². The van der Waals surface area contributed by atoms with Crippen LogP contribution in [0.25, 0.3) is 0 Å². The van der Waals surface area contributed by atoms with Crippen LogP contribution in [0.4, 0.5) is 0 Å². The summed E-state index contributed by atoms with van der Waals surface area (Å²) in [6.45, 7) is 6.86. The molecule has 1 aromatic heterocycles. The number of unbranched alkanes of at least 4 members (excludes halogenated alkanes) is 3. The van der Waals surface area contributed by atoms with Crippen LogP contribution >= 0.6 is 11.3 Å². The van der Waals surface area contributed by atoms with E-state index in [0.29, 0.717) is 5.69 Å². The Morgan fingerprint density at radius 3 is 1.90 bits per heavy atom. The van der Waals surface area contributed by atoms with E-state index in [2.05, 4.69) is 20.8 Å². The SMILES string of the molecule is CCC[CH2][Sn]([CH2]CCC)([CH2]CCC)[c]1nc(C=O)cs1. The molecular formula is C16H29NOSSn. The van der Waals surface area contributed by atoms with Gasteiger partial charge in [-0.15, -0.1) is 0 Å². The average Bonchev–Trinajstić information content (AvgIpc) is 2.96. The summed E-state index contributed by atoms with van der Waals surface area (Å²) >= 11 is -0.567. The number of aldehydes is 1. The second-order valence-corrected chi connectivity index (χ2v) is 20.6. The normalized spacial score (nSPS) is 11.8. The van der Waals surface area contributed by atoms with Gasteiger partial charge in [-0.3, -0.25) is 0 Å². The van der Waals surface area contributed by atoms with Crippen molar-refractivity contribution >= 4 is 39.0 Å². The van der Waals surface area contributed by atoms with E-state index in [1.165, 1.54) is 54.9 Å². The molecule has 0 N–H and O–H groups in total. The molecular weight excluding hydrogens is 373 g/mol. The van der Waals surface area contributed by atoms with Crippen LogP contribution in [0.15, 0.2) is 5.38 Å². The molecule has 0 saturated carbocycles. The molecule has 0 radical (unpaired) electrons. The van der Waals surface area contributed by atoms with Crippen molar-refractivity contribution < 1.29 is 4.79 Å². The minimum absolute atomic E-state index is 0.663. The van der Waals surface area contributed by atoms with Crippen LogP contribution in [0.1, 0.15) is 69.8 Å². The van der Waals surface area contributed by atoms with Crippen molar-refractivity contribution in [3.63, 3.8) is 0 Å². The molecule has 0 fully saturated rings. The van der Waals surface area contributed by atoms with E-state index in [9.17, 15) is 4.79 Å². The summed E-state index contributed by atoms with van der Waals surface area (Å²) in [5, 5.41) is 1.97. The number of thiazole rings is 1. The van der Waals surface area contributed by atoms with Gasteiger partial charge in [0.25, 0.3) is 0 Å². The summed E-state index contributed by atoms with van der Waals surface area (Å²) in [4.78, 5) is 15.7. The van der Waals surface area contributed by atoms with Gasteiger partial charge in [0.1, 0.15) is 0 Å². The Morgan fingerprint density at radius 2 is 1.55 bits per heavy atom. The third-order valence-electron chi connectivity index (χ3n) is 4.12. The fraction of sp³-hybridized carbons (Fsp3) is 0.750. The number of carbonyl (C=O) groups excluding carboxylic acids is 1. The van der Waals surface area contributed by atoms with Crippen LogP contribution in [-0.4, -0.2) is 29.6 Å². The maximum atomic E-state index is 11.0. The number of hydrogen-bond acceptors (Lipinski definition) is 3. The van der Waals surface area contributed by atoms with Crippen LogP contribution < -0.4 is 3.02 Å². The third-order valence-corrected chi connectivity index (χ3v) is 22.8. The predicted octanol–water partition coefficient (Wildman–Crippen LogP) is 5.01. The molecule has 2 nitrogen and oxygen atoms in total. The Morgan fingerprint density at radius 1 is 1.05 bits per heavy atom. The van der Waals surface area contributed by atoms with Crippen LogP contribution in [-0.2, 0) is 0 Å². The zero-order valence-corrected chi connectivity index (χ0v) is 17.0. The molecule has 0 aliphatic carbocycles. The first-order chi connectivity index (χ1) is 9.72. The zero-order valence-electron chi connectivity index (χ0n) is 13.3. The summed E-state index contributed by atoms with van der Waals surface area (Å²) in [5.74, 6) is 0. The molecule has 114 valence electrons. The topological polar surface area (TPSA) is 30.0 Å². The van der Waals surface area contributed by atoms with Crippen molar-refractivity contribution in [2.45, 2.75) is 72.6 Å². The van der Waals surface area contributed by atoms with Gasteiger partial charge in [-0.1, -0.05) is 0 Å². The first-order valence-corrected chi connectivity index (χ1v) is 16.5. The van der Waals surface area contributed by atoms with Crippen molar-refractivity contribution in [3.8, 4) is 0 Å². The van der Waals surface area contributed by atoms with Gasteiger partial charge in [0, 0.05) is 0 Å². The Kier molecular flexibility index (Phi) is 9.01. The average molecular weight is 402 g/mol. The first kappa shape index (κ1) is 18.1. The second kappa shape index (κ2) is 9.93. The van der Waals surface area contributed by atoms with Crippen LogP contribution in [0.3, 0.4) is 0 Å². The molecule has 0 unspecified atom stereocenters. The van der Waals surface area contributed by atoms with Gasteiger partial charge >= 0.3 is 132 Å². The van der Waals surface area contributed by atoms with Gasteiger partial charge in [0.05, 0.1) is 0 Å². The number of carbonyl (C=O) groups is 1. The molecule has 0 aliphatic rings. The summed E-state index contributed by atoms with van der Waals surface area (Å²) in [5.41, 5.74) is 0.663. The van der Waals surface area contributed by atoms with E-state index in [-0.39, 0.29) is 0 Å². The molecule has 0 bridgehead atoms. The molecule has 0 amide bonds. The summed E-state index contributed by atoms with van der Waals surface area (Å²) in [7, 11) is 0.